The van der Waals surface area contributed by atoms with Crippen molar-refractivity contribution < 1.29 is 28.6 Å². The van der Waals surface area contributed by atoms with Crippen molar-refractivity contribution >= 4 is 17.9 Å². The highest BCUT2D eigenvalue weighted by atomic mass is 16.6. The monoisotopic (exact) mass is 709 g/mol. The summed E-state index contributed by atoms with van der Waals surface area (Å²) in [7, 11) is 0. The summed E-state index contributed by atoms with van der Waals surface area (Å²) in [6, 6.07) is 0. The number of unbranched alkanes of at least 4 members (excludes halogenated alkanes) is 29. The summed E-state index contributed by atoms with van der Waals surface area (Å²) in [6.45, 7) is 6.62. The molecule has 0 aliphatic rings. The Morgan fingerprint density at radius 1 is 0.320 bits per heavy atom. The van der Waals surface area contributed by atoms with E-state index in [9.17, 15) is 14.4 Å². The Balaban J connectivity index is 4.32. The average Bonchev–Trinajstić information content (AvgIpc) is 3.11. The number of carbonyl (C=O) groups is 3. The lowest BCUT2D eigenvalue weighted by molar-refractivity contribution is -0.167. The lowest BCUT2D eigenvalue weighted by Gasteiger charge is -2.18. The van der Waals surface area contributed by atoms with Gasteiger partial charge in [-0.25, -0.2) is 0 Å². The van der Waals surface area contributed by atoms with Gasteiger partial charge in [0.05, 0.1) is 0 Å². The van der Waals surface area contributed by atoms with Crippen LogP contribution in [0.1, 0.15) is 245 Å². The van der Waals surface area contributed by atoms with Gasteiger partial charge in [0.2, 0.25) is 0 Å². The lowest BCUT2D eigenvalue weighted by Crippen LogP contribution is -2.30. The predicted molar refractivity (Wildman–Crippen MR) is 210 cm³/mol. The zero-order chi connectivity index (χ0) is 36.6. The third-order valence-corrected chi connectivity index (χ3v) is 9.86. The molecule has 0 aromatic carbocycles. The molecule has 0 radical (unpaired) electrons. The Hall–Kier alpha value is -1.59. The van der Waals surface area contributed by atoms with E-state index >= 15 is 0 Å². The van der Waals surface area contributed by atoms with Crippen LogP contribution in [0.15, 0.2) is 0 Å². The van der Waals surface area contributed by atoms with E-state index in [2.05, 4.69) is 20.8 Å². The van der Waals surface area contributed by atoms with Gasteiger partial charge in [-0.15, -0.1) is 0 Å². The lowest BCUT2D eigenvalue weighted by atomic mass is 10.0. The topological polar surface area (TPSA) is 78.9 Å². The molecule has 1 atom stereocenters. The van der Waals surface area contributed by atoms with E-state index in [1.807, 2.05) is 0 Å². The standard InChI is InChI=1S/C44H84O6/c1-4-7-10-13-16-19-21-23-25-28-31-34-37-43(46)49-40-41(39-48-42(45)36-33-30-27-24-18-15-12-9-6-3)50-44(47)38-35-32-29-26-22-20-17-14-11-8-5-2/h41H,4-40H2,1-3H3/t41-/m0/s1. The number of rotatable bonds is 40. The first-order valence-electron chi connectivity index (χ1n) is 22.0. The van der Waals surface area contributed by atoms with Crippen LogP contribution in [0.5, 0.6) is 0 Å². The quantitative estimate of drug-likeness (QED) is 0.0358. The third kappa shape index (κ3) is 37.7. The minimum atomic E-state index is -0.756. The molecule has 6 nitrogen and oxygen atoms in total. The van der Waals surface area contributed by atoms with Crippen molar-refractivity contribution in [3.05, 3.63) is 0 Å². The Morgan fingerprint density at radius 3 is 0.800 bits per heavy atom. The fraction of sp³-hybridized carbons (Fsp3) is 0.932. The minimum absolute atomic E-state index is 0.0631. The molecule has 0 bridgehead atoms. The molecular weight excluding hydrogens is 624 g/mol. The number of esters is 3. The first kappa shape index (κ1) is 48.4. The van der Waals surface area contributed by atoms with Crippen LogP contribution in [0.2, 0.25) is 0 Å². The first-order valence-corrected chi connectivity index (χ1v) is 22.0. The van der Waals surface area contributed by atoms with Gasteiger partial charge in [-0.1, -0.05) is 207 Å². The summed E-state index contributed by atoms with van der Waals surface area (Å²) in [6.07, 6.45) is 39.4. The molecule has 0 aromatic heterocycles. The normalized spacial score (nSPS) is 11.8. The summed E-state index contributed by atoms with van der Waals surface area (Å²) in [4.78, 5) is 37.6. The summed E-state index contributed by atoms with van der Waals surface area (Å²) >= 11 is 0. The fourth-order valence-corrected chi connectivity index (χ4v) is 6.50. The van der Waals surface area contributed by atoms with Crippen LogP contribution in [-0.2, 0) is 28.6 Å². The van der Waals surface area contributed by atoms with Crippen molar-refractivity contribution in [1.82, 2.24) is 0 Å². The Bertz CT molecular complexity index is 738. The number of carbonyl (C=O) groups excluding carboxylic acids is 3. The summed E-state index contributed by atoms with van der Waals surface area (Å²) < 4.78 is 16.7. The van der Waals surface area contributed by atoms with E-state index in [-0.39, 0.29) is 31.1 Å². The van der Waals surface area contributed by atoms with E-state index in [0.717, 1.165) is 57.8 Å². The van der Waals surface area contributed by atoms with Gasteiger partial charge >= 0.3 is 17.9 Å². The smallest absolute Gasteiger partial charge is 0.306 e. The maximum absolute atomic E-state index is 12.7. The van der Waals surface area contributed by atoms with E-state index in [4.69, 9.17) is 14.2 Å². The molecule has 0 spiro atoms. The van der Waals surface area contributed by atoms with Gasteiger partial charge in [-0.05, 0) is 19.3 Å². The SMILES string of the molecule is CCCCCCCCCCCCCCC(=O)OC[C@H](COC(=O)CCCCCCCCCCC)OC(=O)CCCCCCCCCCCCC. The van der Waals surface area contributed by atoms with Gasteiger partial charge < -0.3 is 14.2 Å². The Kier molecular flexibility index (Phi) is 38.9. The van der Waals surface area contributed by atoms with E-state index in [0.29, 0.717) is 19.3 Å². The van der Waals surface area contributed by atoms with Gasteiger partial charge in [0.1, 0.15) is 13.2 Å². The summed E-state index contributed by atoms with van der Waals surface area (Å²) in [5.74, 6) is -0.857. The fourth-order valence-electron chi connectivity index (χ4n) is 6.50. The zero-order valence-corrected chi connectivity index (χ0v) is 33.7. The second-order valence-corrected chi connectivity index (χ2v) is 15.0. The molecule has 50 heavy (non-hydrogen) atoms. The van der Waals surface area contributed by atoms with Crippen molar-refractivity contribution in [2.24, 2.45) is 0 Å². The predicted octanol–water partition coefficient (Wildman–Crippen LogP) is 13.7. The van der Waals surface area contributed by atoms with E-state index in [1.54, 1.807) is 0 Å². The molecule has 0 heterocycles. The molecular formula is C44H84O6. The van der Waals surface area contributed by atoms with Crippen LogP contribution in [-0.4, -0.2) is 37.2 Å². The summed E-state index contributed by atoms with van der Waals surface area (Å²) in [5, 5.41) is 0. The number of hydrogen-bond donors (Lipinski definition) is 0. The Morgan fingerprint density at radius 2 is 0.540 bits per heavy atom. The third-order valence-electron chi connectivity index (χ3n) is 9.86. The van der Waals surface area contributed by atoms with Crippen molar-refractivity contribution in [3.63, 3.8) is 0 Å². The summed E-state index contributed by atoms with van der Waals surface area (Å²) in [5.41, 5.74) is 0. The van der Waals surface area contributed by atoms with Crippen molar-refractivity contribution in [2.75, 3.05) is 13.2 Å². The van der Waals surface area contributed by atoms with E-state index < -0.39 is 6.10 Å². The van der Waals surface area contributed by atoms with Crippen LogP contribution in [0.3, 0.4) is 0 Å². The molecule has 0 saturated carbocycles. The highest BCUT2D eigenvalue weighted by Gasteiger charge is 2.19. The van der Waals surface area contributed by atoms with Gasteiger partial charge in [0.15, 0.2) is 6.10 Å². The first-order chi connectivity index (χ1) is 24.5. The van der Waals surface area contributed by atoms with Crippen LogP contribution < -0.4 is 0 Å². The van der Waals surface area contributed by atoms with Crippen LogP contribution in [0.25, 0.3) is 0 Å². The number of hydrogen-bond acceptors (Lipinski definition) is 6. The zero-order valence-electron chi connectivity index (χ0n) is 33.7. The largest absolute Gasteiger partial charge is 0.462 e. The Labute approximate surface area is 310 Å². The second kappa shape index (κ2) is 40.2. The van der Waals surface area contributed by atoms with Crippen molar-refractivity contribution in [1.29, 1.82) is 0 Å². The molecule has 0 aromatic rings. The van der Waals surface area contributed by atoms with E-state index in [1.165, 1.54) is 148 Å². The van der Waals surface area contributed by atoms with Crippen molar-refractivity contribution in [2.45, 2.75) is 252 Å². The number of ether oxygens (including phenoxy) is 3. The second-order valence-electron chi connectivity index (χ2n) is 15.0. The minimum Gasteiger partial charge on any atom is -0.462 e. The van der Waals surface area contributed by atoms with Crippen LogP contribution in [0, 0.1) is 0 Å². The van der Waals surface area contributed by atoms with Crippen molar-refractivity contribution in [3.8, 4) is 0 Å². The van der Waals surface area contributed by atoms with Gasteiger partial charge in [0, 0.05) is 19.3 Å². The maximum atomic E-state index is 12.7. The average molecular weight is 709 g/mol. The molecule has 0 amide bonds. The molecule has 0 saturated heterocycles. The highest BCUT2D eigenvalue weighted by Crippen LogP contribution is 2.15. The molecule has 0 rings (SSSR count). The van der Waals surface area contributed by atoms with Crippen LogP contribution in [0.4, 0.5) is 0 Å². The van der Waals surface area contributed by atoms with Crippen LogP contribution >= 0.6 is 0 Å². The molecule has 0 aliphatic heterocycles. The highest BCUT2D eigenvalue weighted by molar-refractivity contribution is 5.71. The molecule has 0 aliphatic carbocycles. The van der Waals surface area contributed by atoms with Gasteiger partial charge in [-0.2, -0.15) is 0 Å². The van der Waals surface area contributed by atoms with Gasteiger partial charge in [0.25, 0.3) is 0 Å². The maximum Gasteiger partial charge on any atom is 0.306 e. The van der Waals surface area contributed by atoms with Gasteiger partial charge in [-0.3, -0.25) is 14.4 Å². The molecule has 296 valence electrons. The molecule has 6 heteroatoms. The molecule has 0 fully saturated rings. The molecule has 0 unspecified atom stereocenters. The molecule has 0 N–H and O–H groups in total.